The maximum atomic E-state index is 12.6. The Morgan fingerprint density at radius 3 is 2.78 bits per heavy atom. The Hall–Kier alpha value is -1.50. The fourth-order valence-corrected chi connectivity index (χ4v) is 3.43. The molecule has 1 amide bonds. The lowest BCUT2D eigenvalue weighted by atomic mass is 10.0. The molecule has 1 aromatic rings. The monoisotopic (exact) mass is 320 g/mol. The van der Waals surface area contributed by atoms with Crippen molar-refractivity contribution in [3.05, 3.63) is 6.33 Å². The number of rotatable bonds is 6. The fraction of sp³-hybridized carbons (Fsp3) is 0.875. The zero-order chi connectivity index (χ0) is 16.2. The van der Waals surface area contributed by atoms with Gasteiger partial charge in [-0.25, -0.2) is 4.68 Å². The molecule has 7 heteroatoms. The molecule has 1 aliphatic carbocycles. The third-order valence-electron chi connectivity index (χ3n) is 5.01. The van der Waals surface area contributed by atoms with Gasteiger partial charge in [-0.2, -0.15) is 0 Å². The van der Waals surface area contributed by atoms with Crippen molar-refractivity contribution in [2.75, 3.05) is 26.2 Å². The molecule has 1 saturated heterocycles. The van der Waals surface area contributed by atoms with Crippen molar-refractivity contribution in [3.8, 4) is 0 Å². The van der Waals surface area contributed by atoms with Crippen LogP contribution in [0.2, 0.25) is 0 Å². The molecular weight excluding hydrogens is 292 g/mol. The first-order valence-corrected chi connectivity index (χ1v) is 8.86. The molecule has 128 valence electrons. The highest BCUT2D eigenvalue weighted by Gasteiger charge is 2.33. The molecule has 1 aliphatic heterocycles. The molecule has 2 aliphatic rings. The van der Waals surface area contributed by atoms with E-state index >= 15 is 0 Å². The van der Waals surface area contributed by atoms with Gasteiger partial charge >= 0.3 is 0 Å². The second-order valence-electron chi connectivity index (χ2n) is 7.27. The van der Waals surface area contributed by atoms with E-state index in [0.717, 1.165) is 32.0 Å². The number of tetrazole rings is 1. The molecule has 1 saturated carbocycles. The van der Waals surface area contributed by atoms with Gasteiger partial charge in [-0.05, 0) is 41.5 Å². The number of carbonyl (C=O) groups is 1. The van der Waals surface area contributed by atoms with E-state index in [1.165, 1.54) is 19.4 Å². The van der Waals surface area contributed by atoms with Gasteiger partial charge in [-0.15, -0.1) is 5.10 Å². The van der Waals surface area contributed by atoms with Crippen LogP contribution in [0.4, 0.5) is 0 Å². The molecule has 23 heavy (non-hydrogen) atoms. The second kappa shape index (κ2) is 7.38. The van der Waals surface area contributed by atoms with Crippen LogP contribution in [0.5, 0.6) is 0 Å². The molecule has 0 N–H and O–H groups in total. The minimum absolute atomic E-state index is 0.222. The first kappa shape index (κ1) is 16.4. The maximum Gasteiger partial charge on any atom is 0.224 e. The zero-order valence-corrected chi connectivity index (χ0v) is 14.3. The van der Waals surface area contributed by atoms with Crippen molar-refractivity contribution >= 4 is 5.91 Å². The molecule has 7 nitrogen and oxygen atoms in total. The third-order valence-corrected chi connectivity index (χ3v) is 5.01. The lowest BCUT2D eigenvalue weighted by Gasteiger charge is -2.34. The summed E-state index contributed by atoms with van der Waals surface area (Å²) < 4.78 is 1.62. The molecule has 0 bridgehead atoms. The topological polar surface area (TPSA) is 67.2 Å². The molecule has 0 radical (unpaired) electrons. The molecule has 0 unspecified atom stereocenters. The predicted octanol–water partition coefficient (Wildman–Crippen LogP) is 1.03. The van der Waals surface area contributed by atoms with E-state index in [0.29, 0.717) is 24.9 Å². The van der Waals surface area contributed by atoms with E-state index in [-0.39, 0.29) is 5.91 Å². The second-order valence-corrected chi connectivity index (χ2v) is 7.27. The largest absolute Gasteiger partial charge is 0.341 e. The average Bonchev–Trinajstić information content (AvgIpc) is 3.24. The number of aryl methyl sites for hydroxylation is 1. The van der Waals surface area contributed by atoms with E-state index in [9.17, 15) is 4.79 Å². The van der Waals surface area contributed by atoms with Gasteiger partial charge in [0, 0.05) is 38.6 Å². The minimum Gasteiger partial charge on any atom is -0.341 e. The van der Waals surface area contributed by atoms with E-state index < -0.39 is 0 Å². The molecule has 2 fully saturated rings. The van der Waals surface area contributed by atoms with E-state index in [1.54, 1.807) is 11.0 Å². The van der Waals surface area contributed by atoms with Gasteiger partial charge in [-0.1, -0.05) is 13.8 Å². The van der Waals surface area contributed by atoms with Crippen molar-refractivity contribution in [1.82, 2.24) is 30.0 Å². The quantitative estimate of drug-likeness (QED) is 0.783. The standard InChI is InChI=1S/C16H28N6O/c1-13(2)15-11-21(8-3-7-20(15)10-14-4-5-14)16(23)6-9-22-12-17-18-19-22/h12-15H,3-11H2,1-2H3/t15-/m1/s1. The minimum atomic E-state index is 0.222. The summed E-state index contributed by atoms with van der Waals surface area (Å²) >= 11 is 0. The summed E-state index contributed by atoms with van der Waals surface area (Å²) in [6.45, 7) is 9.18. The molecule has 1 atom stereocenters. The molecule has 0 spiro atoms. The number of nitrogens with zero attached hydrogens (tertiary/aromatic N) is 6. The van der Waals surface area contributed by atoms with Crippen LogP contribution in [-0.4, -0.2) is 68.1 Å². The van der Waals surface area contributed by atoms with Crippen LogP contribution in [0.15, 0.2) is 6.33 Å². The number of hydrogen-bond donors (Lipinski definition) is 0. The van der Waals surface area contributed by atoms with Gasteiger partial charge in [0.15, 0.2) is 0 Å². The van der Waals surface area contributed by atoms with Crippen LogP contribution in [-0.2, 0) is 11.3 Å². The van der Waals surface area contributed by atoms with Gasteiger partial charge < -0.3 is 4.90 Å². The number of amides is 1. The Morgan fingerprint density at radius 1 is 1.30 bits per heavy atom. The Bertz CT molecular complexity index is 499. The van der Waals surface area contributed by atoms with Crippen LogP contribution in [0, 0.1) is 11.8 Å². The summed E-state index contributed by atoms with van der Waals surface area (Å²) in [7, 11) is 0. The summed E-state index contributed by atoms with van der Waals surface area (Å²) in [6.07, 6.45) is 5.88. The van der Waals surface area contributed by atoms with Gasteiger partial charge in [0.2, 0.25) is 5.91 Å². The van der Waals surface area contributed by atoms with Gasteiger partial charge in [-0.3, -0.25) is 9.69 Å². The predicted molar refractivity (Wildman–Crippen MR) is 86.6 cm³/mol. The normalized spacial score (nSPS) is 23.3. The summed E-state index contributed by atoms with van der Waals surface area (Å²) in [4.78, 5) is 17.3. The van der Waals surface area contributed by atoms with E-state index in [2.05, 4.69) is 39.2 Å². The smallest absolute Gasteiger partial charge is 0.224 e. The number of hydrogen-bond acceptors (Lipinski definition) is 5. The van der Waals surface area contributed by atoms with Crippen LogP contribution in [0.3, 0.4) is 0 Å². The number of carbonyl (C=O) groups excluding carboxylic acids is 1. The first-order chi connectivity index (χ1) is 11.1. The third kappa shape index (κ3) is 4.50. The molecule has 0 aromatic carbocycles. The summed E-state index contributed by atoms with van der Waals surface area (Å²) in [5.41, 5.74) is 0. The lowest BCUT2D eigenvalue weighted by Crippen LogP contribution is -2.46. The van der Waals surface area contributed by atoms with Crippen molar-refractivity contribution in [3.63, 3.8) is 0 Å². The summed E-state index contributed by atoms with van der Waals surface area (Å²) in [5.74, 6) is 1.69. The Morgan fingerprint density at radius 2 is 2.13 bits per heavy atom. The first-order valence-electron chi connectivity index (χ1n) is 8.86. The molecule has 1 aromatic heterocycles. The van der Waals surface area contributed by atoms with Crippen LogP contribution in [0.25, 0.3) is 0 Å². The Balaban J connectivity index is 1.57. The highest BCUT2D eigenvalue weighted by Crippen LogP contribution is 2.31. The van der Waals surface area contributed by atoms with Gasteiger partial charge in [0.1, 0.15) is 6.33 Å². The van der Waals surface area contributed by atoms with Gasteiger partial charge in [0.05, 0.1) is 6.54 Å². The fourth-order valence-electron chi connectivity index (χ4n) is 3.43. The Labute approximate surface area is 138 Å². The van der Waals surface area contributed by atoms with Crippen molar-refractivity contribution in [1.29, 1.82) is 0 Å². The zero-order valence-electron chi connectivity index (χ0n) is 14.3. The highest BCUT2D eigenvalue weighted by atomic mass is 16.2. The van der Waals surface area contributed by atoms with Crippen LogP contribution >= 0.6 is 0 Å². The van der Waals surface area contributed by atoms with Crippen molar-refractivity contribution in [2.45, 2.75) is 52.1 Å². The van der Waals surface area contributed by atoms with Crippen molar-refractivity contribution < 1.29 is 4.79 Å². The summed E-state index contributed by atoms with van der Waals surface area (Å²) in [6, 6.07) is 0.482. The van der Waals surface area contributed by atoms with E-state index in [4.69, 9.17) is 0 Å². The van der Waals surface area contributed by atoms with Crippen molar-refractivity contribution in [2.24, 2.45) is 11.8 Å². The summed E-state index contributed by atoms with van der Waals surface area (Å²) in [5, 5.41) is 11.0. The average molecular weight is 320 g/mol. The van der Waals surface area contributed by atoms with Crippen LogP contribution < -0.4 is 0 Å². The molecule has 3 rings (SSSR count). The SMILES string of the molecule is CC(C)[C@H]1CN(C(=O)CCn2cnnn2)CCCN1CC1CC1. The Kier molecular flexibility index (Phi) is 5.25. The van der Waals surface area contributed by atoms with Crippen LogP contribution in [0.1, 0.15) is 39.5 Å². The lowest BCUT2D eigenvalue weighted by molar-refractivity contribution is -0.132. The maximum absolute atomic E-state index is 12.6. The molecular formula is C16H28N6O. The van der Waals surface area contributed by atoms with E-state index in [1.807, 2.05) is 0 Å². The van der Waals surface area contributed by atoms with Gasteiger partial charge in [0.25, 0.3) is 0 Å². The highest BCUT2D eigenvalue weighted by molar-refractivity contribution is 5.76. The number of aromatic nitrogens is 4. The molecule has 2 heterocycles.